The van der Waals surface area contributed by atoms with Gasteiger partial charge in [0.25, 0.3) is 0 Å². The van der Waals surface area contributed by atoms with Crippen LogP contribution in [0.5, 0.6) is 0 Å². The van der Waals surface area contributed by atoms with E-state index in [2.05, 4.69) is 69.3 Å². The van der Waals surface area contributed by atoms with Crippen molar-refractivity contribution in [2.24, 2.45) is 4.99 Å². The van der Waals surface area contributed by atoms with E-state index in [0.29, 0.717) is 0 Å². The van der Waals surface area contributed by atoms with Gasteiger partial charge in [0, 0.05) is 59.9 Å². The van der Waals surface area contributed by atoms with E-state index in [1.807, 2.05) is 7.05 Å². The van der Waals surface area contributed by atoms with Crippen LogP contribution in [-0.4, -0.2) is 80.6 Å². The summed E-state index contributed by atoms with van der Waals surface area (Å²) < 4.78 is 0. The molecule has 1 aromatic rings. The maximum Gasteiger partial charge on any atom is 0.193 e. The molecule has 0 aromatic heterocycles. The van der Waals surface area contributed by atoms with Crippen LogP contribution >= 0.6 is 24.0 Å². The summed E-state index contributed by atoms with van der Waals surface area (Å²) in [4.78, 5) is 11.8. The first-order valence-electron chi connectivity index (χ1n) is 10.6. The molecule has 0 saturated carbocycles. The van der Waals surface area contributed by atoms with E-state index in [1.165, 1.54) is 64.0 Å². The molecule has 1 saturated heterocycles. The van der Waals surface area contributed by atoms with E-state index < -0.39 is 0 Å². The van der Waals surface area contributed by atoms with Crippen molar-refractivity contribution in [3.8, 4) is 0 Å². The molecule has 0 bridgehead atoms. The van der Waals surface area contributed by atoms with Gasteiger partial charge in [-0.05, 0) is 31.4 Å². The molecule has 1 aliphatic heterocycles. The van der Waals surface area contributed by atoms with Gasteiger partial charge in [0.2, 0.25) is 0 Å². The highest BCUT2D eigenvalue weighted by Crippen LogP contribution is 2.09. The number of hydrogen-bond donors (Lipinski definition) is 1. The van der Waals surface area contributed by atoms with Crippen molar-refractivity contribution in [3.05, 3.63) is 35.9 Å². The van der Waals surface area contributed by atoms with Crippen LogP contribution in [0.2, 0.25) is 0 Å². The van der Waals surface area contributed by atoms with Crippen molar-refractivity contribution in [1.29, 1.82) is 0 Å². The van der Waals surface area contributed by atoms with E-state index in [-0.39, 0.29) is 24.0 Å². The van der Waals surface area contributed by atoms with Gasteiger partial charge in [-0.15, -0.1) is 24.0 Å². The Morgan fingerprint density at radius 2 is 1.71 bits per heavy atom. The van der Waals surface area contributed by atoms with Gasteiger partial charge in [-0.3, -0.25) is 9.89 Å². The number of benzene rings is 1. The lowest BCUT2D eigenvalue weighted by Crippen LogP contribution is -2.46. The molecule has 0 atom stereocenters. The Morgan fingerprint density at radius 1 is 1.04 bits per heavy atom. The van der Waals surface area contributed by atoms with Crippen LogP contribution in [0.15, 0.2) is 35.3 Å². The molecule has 1 aliphatic rings. The summed E-state index contributed by atoms with van der Waals surface area (Å²) in [6, 6.07) is 10.8. The maximum atomic E-state index is 4.39. The first-order valence-corrected chi connectivity index (χ1v) is 10.6. The molecular weight excluding hydrogens is 461 g/mol. The Kier molecular flexibility index (Phi) is 13.5. The molecule has 0 unspecified atom stereocenters. The van der Waals surface area contributed by atoms with Crippen LogP contribution in [0.1, 0.15) is 38.2 Å². The molecular formula is C22H40IN5. The Balaban J connectivity index is 0.00000392. The van der Waals surface area contributed by atoms with Gasteiger partial charge in [0.05, 0.1) is 0 Å². The van der Waals surface area contributed by atoms with Gasteiger partial charge in [-0.25, -0.2) is 0 Å². The number of piperazine rings is 1. The normalized spacial score (nSPS) is 15.9. The Hall–Kier alpha value is -0.860. The Morgan fingerprint density at radius 3 is 2.36 bits per heavy atom. The number of nitrogens with zero attached hydrogens (tertiary/aromatic N) is 4. The van der Waals surface area contributed by atoms with Gasteiger partial charge in [0.15, 0.2) is 5.96 Å². The van der Waals surface area contributed by atoms with Gasteiger partial charge < -0.3 is 15.1 Å². The van der Waals surface area contributed by atoms with Crippen LogP contribution < -0.4 is 5.32 Å². The highest BCUT2D eigenvalue weighted by molar-refractivity contribution is 14.0. The SMILES string of the molecule is CCCCN(C)C(=NC)NCCCCN1CCN(Cc2ccccc2)CC1.I. The Bertz CT molecular complexity index is 529. The summed E-state index contributed by atoms with van der Waals surface area (Å²) in [5.41, 5.74) is 1.43. The third-order valence-electron chi connectivity index (χ3n) is 5.32. The van der Waals surface area contributed by atoms with Gasteiger partial charge in [-0.2, -0.15) is 0 Å². The maximum absolute atomic E-state index is 4.39. The molecule has 0 amide bonds. The van der Waals surface area contributed by atoms with Crippen molar-refractivity contribution in [3.63, 3.8) is 0 Å². The summed E-state index contributed by atoms with van der Waals surface area (Å²) >= 11 is 0. The largest absolute Gasteiger partial charge is 0.356 e. The van der Waals surface area contributed by atoms with Crippen molar-refractivity contribution in [2.75, 3.05) is 59.9 Å². The first kappa shape index (κ1) is 25.2. The zero-order valence-electron chi connectivity index (χ0n) is 18.1. The molecule has 28 heavy (non-hydrogen) atoms. The fourth-order valence-corrected chi connectivity index (χ4v) is 3.56. The number of aliphatic imine (C=N–C) groups is 1. The van der Waals surface area contributed by atoms with Crippen molar-refractivity contribution >= 4 is 29.9 Å². The third kappa shape index (κ3) is 9.56. The van der Waals surface area contributed by atoms with Gasteiger partial charge >= 0.3 is 0 Å². The molecule has 0 radical (unpaired) electrons. The Labute approximate surface area is 189 Å². The average Bonchev–Trinajstić information content (AvgIpc) is 2.71. The minimum absolute atomic E-state index is 0. The fourth-order valence-electron chi connectivity index (χ4n) is 3.56. The highest BCUT2D eigenvalue weighted by atomic mass is 127. The molecule has 1 aromatic carbocycles. The predicted octanol–water partition coefficient (Wildman–Crippen LogP) is 3.51. The second-order valence-corrected chi connectivity index (χ2v) is 7.56. The van der Waals surface area contributed by atoms with E-state index in [9.17, 15) is 0 Å². The van der Waals surface area contributed by atoms with Crippen LogP contribution in [0.3, 0.4) is 0 Å². The summed E-state index contributed by atoms with van der Waals surface area (Å²) in [5.74, 6) is 1.03. The van der Waals surface area contributed by atoms with Gasteiger partial charge in [-0.1, -0.05) is 43.7 Å². The lowest BCUT2D eigenvalue weighted by Gasteiger charge is -2.34. The lowest BCUT2D eigenvalue weighted by atomic mass is 10.2. The van der Waals surface area contributed by atoms with E-state index in [1.54, 1.807) is 0 Å². The molecule has 6 heteroatoms. The molecule has 5 nitrogen and oxygen atoms in total. The molecule has 1 heterocycles. The predicted molar refractivity (Wildman–Crippen MR) is 132 cm³/mol. The third-order valence-corrected chi connectivity index (χ3v) is 5.32. The van der Waals surface area contributed by atoms with E-state index >= 15 is 0 Å². The number of hydrogen-bond acceptors (Lipinski definition) is 3. The van der Waals surface area contributed by atoms with Gasteiger partial charge in [0.1, 0.15) is 0 Å². The van der Waals surface area contributed by atoms with Crippen molar-refractivity contribution in [1.82, 2.24) is 20.0 Å². The smallest absolute Gasteiger partial charge is 0.193 e. The van der Waals surface area contributed by atoms with Crippen molar-refractivity contribution < 1.29 is 0 Å². The highest BCUT2D eigenvalue weighted by Gasteiger charge is 2.16. The van der Waals surface area contributed by atoms with E-state index in [0.717, 1.165) is 25.6 Å². The first-order chi connectivity index (χ1) is 13.2. The molecule has 0 spiro atoms. The summed E-state index contributed by atoms with van der Waals surface area (Å²) in [7, 11) is 4.00. The average molecular weight is 502 g/mol. The zero-order valence-corrected chi connectivity index (χ0v) is 20.4. The quantitative estimate of drug-likeness (QED) is 0.230. The monoisotopic (exact) mass is 501 g/mol. The summed E-state index contributed by atoms with van der Waals surface area (Å²) in [6.45, 7) is 11.4. The number of nitrogens with one attached hydrogen (secondary N) is 1. The van der Waals surface area contributed by atoms with E-state index in [4.69, 9.17) is 0 Å². The van der Waals surface area contributed by atoms with Crippen molar-refractivity contribution in [2.45, 2.75) is 39.2 Å². The lowest BCUT2D eigenvalue weighted by molar-refractivity contribution is 0.126. The van der Waals surface area contributed by atoms with Crippen LogP contribution in [-0.2, 0) is 6.54 Å². The summed E-state index contributed by atoms with van der Waals surface area (Å²) in [6.07, 6.45) is 4.89. The number of unbranched alkanes of at least 4 members (excludes halogenated alkanes) is 2. The molecule has 2 rings (SSSR count). The van der Waals surface area contributed by atoms with Crippen LogP contribution in [0, 0.1) is 0 Å². The topological polar surface area (TPSA) is 34.1 Å². The number of rotatable bonds is 10. The summed E-state index contributed by atoms with van der Waals surface area (Å²) in [5, 5.41) is 3.50. The zero-order chi connectivity index (χ0) is 19.3. The van der Waals surface area contributed by atoms with Crippen LogP contribution in [0.25, 0.3) is 0 Å². The second kappa shape index (κ2) is 15.0. The number of halogens is 1. The van der Waals surface area contributed by atoms with Crippen LogP contribution in [0.4, 0.5) is 0 Å². The fraction of sp³-hybridized carbons (Fsp3) is 0.682. The molecule has 160 valence electrons. The molecule has 0 aliphatic carbocycles. The molecule has 1 N–H and O–H groups in total. The minimum atomic E-state index is 0. The standard InChI is InChI=1S/C22H39N5.HI/c1-4-5-14-25(3)22(23-2)24-13-9-10-15-26-16-18-27(19-17-26)20-21-11-7-6-8-12-21;/h6-8,11-12H,4-5,9-10,13-20H2,1-3H3,(H,23,24);1H. The second-order valence-electron chi connectivity index (χ2n) is 7.56. The molecule has 1 fully saturated rings. The number of guanidine groups is 1. The minimum Gasteiger partial charge on any atom is -0.356 e.